The Morgan fingerprint density at radius 3 is 2.30 bits per heavy atom. The number of rotatable bonds is 3. The first-order valence-corrected chi connectivity index (χ1v) is 5.99. The molecule has 0 unspecified atom stereocenters. The summed E-state index contributed by atoms with van der Waals surface area (Å²) in [6, 6.07) is 4.80. The minimum Gasteiger partial charge on any atom is -0.406 e. The predicted octanol–water partition coefficient (Wildman–Crippen LogP) is 4.48. The van der Waals surface area contributed by atoms with E-state index >= 15 is 0 Å². The number of aromatic nitrogens is 1. The van der Waals surface area contributed by atoms with Gasteiger partial charge in [-0.25, -0.2) is 0 Å². The third-order valence-electron chi connectivity index (χ3n) is 2.73. The van der Waals surface area contributed by atoms with Crippen molar-refractivity contribution >= 4 is 6.29 Å². The molecule has 0 atom stereocenters. The molecule has 1 aromatic heterocycles. The number of carbonyl (C=O) groups excluding carboxylic acids is 1. The first-order valence-electron chi connectivity index (χ1n) is 5.99. The largest absolute Gasteiger partial charge is 0.573 e. The Morgan fingerprint density at radius 1 is 1.04 bits per heavy atom. The normalized spacial score (nSPS) is 12.1. The highest BCUT2D eigenvalue weighted by Crippen LogP contribution is 2.38. The SMILES string of the molecule is O=Cc1ccnc(-c2cccc(OC(F)(F)F)c2)c1C(F)(F)F. The van der Waals surface area contributed by atoms with Crippen LogP contribution in [0.25, 0.3) is 11.3 Å². The van der Waals surface area contributed by atoms with Crippen molar-refractivity contribution in [3.8, 4) is 17.0 Å². The van der Waals surface area contributed by atoms with Crippen molar-refractivity contribution in [2.45, 2.75) is 12.5 Å². The van der Waals surface area contributed by atoms with E-state index in [-0.39, 0.29) is 11.8 Å². The van der Waals surface area contributed by atoms with Crippen LogP contribution in [0.4, 0.5) is 26.3 Å². The monoisotopic (exact) mass is 335 g/mol. The number of ether oxygens (including phenoxy) is 1. The molecule has 0 spiro atoms. The Bertz CT molecular complexity index is 724. The summed E-state index contributed by atoms with van der Waals surface area (Å²) in [4.78, 5) is 14.4. The predicted molar refractivity (Wildman–Crippen MR) is 66.7 cm³/mol. The van der Waals surface area contributed by atoms with Gasteiger partial charge in [0.25, 0.3) is 0 Å². The van der Waals surface area contributed by atoms with Crippen molar-refractivity contribution in [3.05, 3.63) is 47.7 Å². The number of alkyl halides is 6. The van der Waals surface area contributed by atoms with E-state index in [0.717, 1.165) is 36.5 Å². The number of benzene rings is 1. The molecule has 0 bridgehead atoms. The molecule has 2 rings (SSSR count). The molecule has 0 saturated carbocycles. The van der Waals surface area contributed by atoms with Gasteiger partial charge in [-0.3, -0.25) is 9.78 Å². The van der Waals surface area contributed by atoms with E-state index in [2.05, 4.69) is 9.72 Å². The molecular weight excluding hydrogens is 328 g/mol. The average Bonchev–Trinajstić information content (AvgIpc) is 2.44. The number of hydrogen-bond donors (Lipinski definition) is 0. The molecule has 0 aliphatic heterocycles. The highest BCUT2D eigenvalue weighted by molar-refractivity contribution is 5.82. The molecule has 23 heavy (non-hydrogen) atoms. The van der Waals surface area contributed by atoms with Gasteiger partial charge in [-0.15, -0.1) is 13.2 Å². The standard InChI is InChI=1S/C14H7F6NO2/c15-13(16,17)11-9(7-22)4-5-21-12(11)8-2-1-3-10(6-8)23-14(18,19)20/h1-7H. The van der Waals surface area contributed by atoms with Crippen molar-refractivity contribution in [2.24, 2.45) is 0 Å². The van der Waals surface area contributed by atoms with Crippen molar-refractivity contribution in [1.29, 1.82) is 0 Å². The molecule has 0 aliphatic rings. The summed E-state index contributed by atoms with van der Waals surface area (Å²) in [7, 11) is 0. The molecule has 9 heteroatoms. The lowest BCUT2D eigenvalue weighted by molar-refractivity contribution is -0.274. The summed E-state index contributed by atoms with van der Waals surface area (Å²) in [5.41, 5.74) is -2.90. The first-order chi connectivity index (χ1) is 10.6. The molecule has 0 N–H and O–H groups in total. The average molecular weight is 335 g/mol. The van der Waals surface area contributed by atoms with Gasteiger partial charge in [0.05, 0.1) is 11.3 Å². The van der Waals surface area contributed by atoms with Crippen LogP contribution in [0.1, 0.15) is 15.9 Å². The van der Waals surface area contributed by atoms with Crippen LogP contribution in [0.2, 0.25) is 0 Å². The second-order valence-corrected chi connectivity index (χ2v) is 4.32. The van der Waals surface area contributed by atoms with Gasteiger partial charge in [0.15, 0.2) is 6.29 Å². The summed E-state index contributed by atoms with van der Waals surface area (Å²) >= 11 is 0. The Kier molecular flexibility index (Phi) is 4.31. The van der Waals surface area contributed by atoms with Crippen LogP contribution in [0, 0.1) is 0 Å². The smallest absolute Gasteiger partial charge is 0.406 e. The Labute approximate surface area is 125 Å². The van der Waals surface area contributed by atoms with Crippen LogP contribution < -0.4 is 4.74 Å². The van der Waals surface area contributed by atoms with E-state index in [9.17, 15) is 31.1 Å². The van der Waals surface area contributed by atoms with Gasteiger partial charge in [-0.2, -0.15) is 13.2 Å². The number of aldehydes is 1. The summed E-state index contributed by atoms with van der Waals surface area (Å²) < 4.78 is 79.7. The van der Waals surface area contributed by atoms with Crippen LogP contribution in [0.5, 0.6) is 5.75 Å². The molecule has 0 radical (unpaired) electrons. The van der Waals surface area contributed by atoms with E-state index in [4.69, 9.17) is 0 Å². The number of halogens is 6. The van der Waals surface area contributed by atoms with Gasteiger partial charge in [0, 0.05) is 17.3 Å². The fourth-order valence-electron chi connectivity index (χ4n) is 1.93. The van der Waals surface area contributed by atoms with Crippen molar-refractivity contribution in [1.82, 2.24) is 4.98 Å². The van der Waals surface area contributed by atoms with E-state index in [1.54, 1.807) is 0 Å². The maximum atomic E-state index is 13.1. The fraction of sp³-hybridized carbons (Fsp3) is 0.143. The van der Waals surface area contributed by atoms with Gasteiger partial charge < -0.3 is 4.74 Å². The zero-order chi connectivity index (χ0) is 17.3. The fourth-order valence-corrected chi connectivity index (χ4v) is 1.93. The second kappa shape index (κ2) is 5.90. The number of nitrogens with zero attached hydrogens (tertiary/aromatic N) is 1. The summed E-state index contributed by atoms with van der Waals surface area (Å²) in [6.07, 6.45) is -8.92. The maximum Gasteiger partial charge on any atom is 0.573 e. The third-order valence-corrected chi connectivity index (χ3v) is 2.73. The van der Waals surface area contributed by atoms with Crippen molar-refractivity contribution in [3.63, 3.8) is 0 Å². The van der Waals surface area contributed by atoms with Crippen LogP contribution >= 0.6 is 0 Å². The summed E-state index contributed by atoms with van der Waals surface area (Å²) in [5.74, 6) is -0.693. The Balaban J connectivity index is 2.59. The van der Waals surface area contributed by atoms with Crippen molar-refractivity contribution in [2.75, 3.05) is 0 Å². The van der Waals surface area contributed by atoms with Crippen LogP contribution in [0.15, 0.2) is 36.5 Å². The number of hydrogen-bond acceptors (Lipinski definition) is 3. The molecule has 0 fully saturated rings. The van der Waals surface area contributed by atoms with Crippen LogP contribution in [-0.2, 0) is 6.18 Å². The Hall–Kier alpha value is -2.58. The van der Waals surface area contributed by atoms with Crippen molar-refractivity contribution < 1.29 is 35.9 Å². The highest BCUT2D eigenvalue weighted by Gasteiger charge is 2.37. The van der Waals surface area contributed by atoms with E-state index in [1.807, 2.05) is 0 Å². The van der Waals surface area contributed by atoms with Crippen LogP contribution in [0.3, 0.4) is 0 Å². The molecule has 122 valence electrons. The molecule has 0 amide bonds. The molecule has 0 saturated heterocycles. The second-order valence-electron chi connectivity index (χ2n) is 4.32. The van der Waals surface area contributed by atoms with Gasteiger partial charge >= 0.3 is 12.5 Å². The van der Waals surface area contributed by atoms with E-state index in [1.165, 1.54) is 0 Å². The zero-order valence-electron chi connectivity index (χ0n) is 11.1. The highest BCUT2D eigenvalue weighted by atomic mass is 19.4. The minimum atomic E-state index is -4.98. The molecule has 1 aromatic carbocycles. The zero-order valence-corrected chi connectivity index (χ0v) is 11.1. The first kappa shape index (κ1) is 16.8. The summed E-state index contributed by atoms with van der Waals surface area (Å²) in [6.45, 7) is 0. The topological polar surface area (TPSA) is 39.2 Å². The maximum absolute atomic E-state index is 13.1. The lowest BCUT2D eigenvalue weighted by atomic mass is 10.0. The number of carbonyl (C=O) groups is 1. The van der Waals surface area contributed by atoms with E-state index < -0.39 is 35.1 Å². The molecule has 0 aliphatic carbocycles. The molecule has 2 aromatic rings. The van der Waals surface area contributed by atoms with Crippen LogP contribution in [-0.4, -0.2) is 17.6 Å². The lowest BCUT2D eigenvalue weighted by Crippen LogP contribution is -2.17. The lowest BCUT2D eigenvalue weighted by Gasteiger charge is -2.15. The Morgan fingerprint density at radius 2 is 1.74 bits per heavy atom. The van der Waals surface area contributed by atoms with Gasteiger partial charge in [0.1, 0.15) is 5.75 Å². The minimum absolute atomic E-state index is 0.00404. The van der Waals surface area contributed by atoms with Gasteiger partial charge in [0.2, 0.25) is 0 Å². The van der Waals surface area contributed by atoms with E-state index in [0.29, 0.717) is 0 Å². The third kappa shape index (κ3) is 3.99. The van der Waals surface area contributed by atoms with Gasteiger partial charge in [-0.1, -0.05) is 12.1 Å². The number of pyridine rings is 1. The quantitative estimate of drug-likeness (QED) is 0.613. The molecule has 1 heterocycles. The van der Waals surface area contributed by atoms with Gasteiger partial charge in [-0.05, 0) is 18.2 Å². The summed E-state index contributed by atoms with van der Waals surface area (Å²) in [5, 5.41) is 0. The molecular formula is C14H7F6NO2. The molecule has 3 nitrogen and oxygen atoms in total.